The third kappa shape index (κ3) is 3.44. The van der Waals surface area contributed by atoms with Crippen LogP contribution in [-0.2, 0) is 4.74 Å². The van der Waals surface area contributed by atoms with Crippen molar-refractivity contribution < 1.29 is 23.0 Å². The van der Waals surface area contributed by atoms with Gasteiger partial charge in [-0.2, -0.15) is 8.78 Å². The summed E-state index contributed by atoms with van der Waals surface area (Å²) in [6, 6.07) is 2.51. The van der Waals surface area contributed by atoms with Gasteiger partial charge in [-0.05, 0) is 19.1 Å². The van der Waals surface area contributed by atoms with Crippen LogP contribution in [0.15, 0.2) is 12.1 Å². The molecule has 1 aromatic carbocycles. The van der Waals surface area contributed by atoms with Gasteiger partial charge in [0, 0.05) is 0 Å². The molecular formula is C10H8Cl2F2O3. The summed E-state index contributed by atoms with van der Waals surface area (Å²) in [5.41, 5.74) is -0.193. The van der Waals surface area contributed by atoms with Crippen molar-refractivity contribution in [2.75, 3.05) is 6.61 Å². The van der Waals surface area contributed by atoms with Gasteiger partial charge in [0.15, 0.2) is 5.75 Å². The average Bonchev–Trinajstić information content (AvgIpc) is 2.24. The molecule has 1 rings (SSSR count). The topological polar surface area (TPSA) is 35.5 Å². The SMILES string of the molecule is CCOC(=O)c1ccc(Cl)c(Cl)c1OC(F)F. The van der Waals surface area contributed by atoms with Gasteiger partial charge in [0.25, 0.3) is 0 Å². The van der Waals surface area contributed by atoms with E-state index < -0.39 is 18.3 Å². The largest absolute Gasteiger partial charge is 0.462 e. The van der Waals surface area contributed by atoms with Gasteiger partial charge in [-0.15, -0.1) is 0 Å². The molecule has 0 unspecified atom stereocenters. The van der Waals surface area contributed by atoms with Gasteiger partial charge in [-0.25, -0.2) is 4.79 Å². The second-order valence-electron chi connectivity index (χ2n) is 2.84. The van der Waals surface area contributed by atoms with Gasteiger partial charge >= 0.3 is 12.6 Å². The summed E-state index contributed by atoms with van der Waals surface area (Å²) in [7, 11) is 0. The summed E-state index contributed by atoms with van der Waals surface area (Å²) in [5, 5.41) is -0.243. The highest BCUT2D eigenvalue weighted by atomic mass is 35.5. The maximum Gasteiger partial charge on any atom is 0.387 e. The van der Waals surface area contributed by atoms with Crippen LogP contribution in [-0.4, -0.2) is 19.2 Å². The van der Waals surface area contributed by atoms with E-state index in [-0.39, 0.29) is 22.2 Å². The Bertz CT molecular complexity index is 424. The van der Waals surface area contributed by atoms with Crippen molar-refractivity contribution in [1.29, 1.82) is 0 Å². The fourth-order valence-corrected chi connectivity index (χ4v) is 1.46. The lowest BCUT2D eigenvalue weighted by molar-refractivity contribution is -0.0503. The number of carbonyl (C=O) groups excluding carboxylic acids is 1. The molecule has 7 heteroatoms. The fraction of sp³-hybridized carbons (Fsp3) is 0.300. The summed E-state index contributed by atoms with van der Waals surface area (Å²) >= 11 is 11.3. The number of carbonyl (C=O) groups is 1. The summed E-state index contributed by atoms with van der Waals surface area (Å²) in [4.78, 5) is 11.5. The van der Waals surface area contributed by atoms with Crippen molar-refractivity contribution >= 4 is 29.2 Å². The Labute approximate surface area is 106 Å². The van der Waals surface area contributed by atoms with Crippen LogP contribution in [0.1, 0.15) is 17.3 Å². The van der Waals surface area contributed by atoms with Gasteiger partial charge < -0.3 is 9.47 Å². The number of hydrogen-bond donors (Lipinski definition) is 0. The Morgan fingerprint density at radius 2 is 2.06 bits per heavy atom. The first-order valence-corrected chi connectivity index (χ1v) is 5.32. The van der Waals surface area contributed by atoms with Crippen molar-refractivity contribution in [2.45, 2.75) is 13.5 Å². The molecule has 0 aliphatic heterocycles. The minimum absolute atomic E-state index is 0.00960. The Balaban J connectivity index is 3.19. The number of benzene rings is 1. The first kappa shape index (κ1) is 14.0. The number of ether oxygens (including phenoxy) is 2. The second kappa shape index (κ2) is 6.02. The number of rotatable bonds is 4. The number of halogens is 4. The van der Waals surface area contributed by atoms with Gasteiger partial charge in [-0.1, -0.05) is 23.2 Å². The molecule has 0 N–H and O–H groups in total. The van der Waals surface area contributed by atoms with Crippen LogP contribution in [0.25, 0.3) is 0 Å². The van der Waals surface area contributed by atoms with Gasteiger partial charge in [0.1, 0.15) is 10.6 Å². The summed E-state index contributed by atoms with van der Waals surface area (Å²) < 4.78 is 33.2. The van der Waals surface area contributed by atoms with Crippen molar-refractivity contribution in [3.63, 3.8) is 0 Å². The maximum atomic E-state index is 12.2. The molecule has 0 heterocycles. The summed E-state index contributed by atoms with van der Waals surface area (Å²) in [5.74, 6) is -1.28. The third-order valence-electron chi connectivity index (χ3n) is 1.75. The van der Waals surface area contributed by atoms with Crippen molar-refractivity contribution in [1.82, 2.24) is 0 Å². The molecule has 17 heavy (non-hydrogen) atoms. The molecule has 0 bridgehead atoms. The van der Waals surface area contributed by atoms with Crippen LogP contribution in [0, 0.1) is 0 Å². The van der Waals surface area contributed by atoms with Crippen LogP contribution in [0.5, 0.6) is 5.75 Å². The van der Waals surface area contributed by atoms with E-state index in [4.69, 9.17) is 23.2 Å². The number of esters is 1. The van der Waals surface area contributed by atoms with Crippen LogP contribution in [0.2, 0.25) is 10.0 Å². The lowest BCUT2D eigenvalue weighted by atomic mass is 10.2. The highest BCUT2D eigenvalue weighted by Gasteiger charge is 2.21. The molecule has 1 aromatic rings. The van der Waals surface area contributed by atoms with Crippen molar-refractivity contribution in [3.8, 4) is 5.75 Å². The molecule has 0 aromatic heterocycles. The zero-order valence-electron chi connectivity index (χ0n) is 8.68. The Morgan fingerprint density at radius 1 is 1.41 bits per heavy atom. The molecule has 0 spiro atoms. The van der Waals surface area contributed by atoms with Gasteiger partial charge in [0.2, 0.25) is 0 Å². The average molecular weight is 285 g/mol. The normalized spacial score (nSPS) is 10.5. The van der Waals surface area contributed by atoms with Crippen LogP contribution in [0.3, 0.4) is 0 Å². The van der Waals surface area contributed by atoms with E-state index in [1.54, 1.807) is 6.92 Å². The standard InChI is InChI=1S/C10H8Cl2F2O3/c1-2-16-9(15)5-3-4-6(11)7(12)8(5)17-10(13)14/h3-4,10H,2H2,1H3. The van der Waals surface area contributed by atoms with E-state index >= 15 is 0 Å². The van der Waals surface area contributed by atoms with Crippen LogP contribution in [0.4, 0.5) is 8.78 Å². The predicted molar refractivity (Wildman–Crippen MR) is 59.1 cm³/mol. The van der Waals surface area contributed by atoms with E-state index in [1.165, 1.54) is 12.1 Å². The van der Waals surface area contributed by atoms with E-state index in [1.807, 2.05) is 0 Å². The van der Waals surface area contributed by atoms with E-state index in [9.17, 15) is 13.6 Å². The van der Waals surface area contributed by atoms with Crippen molar-refractivity contribution in [2.24, 2.45) is 0 Å². The lowest BCUT2D eigenvalue weighted by Crippen LogP contribution is -2.11. The highest BCUT2D eigenvalue weighted by molar-refractivity contribution is 6.43. The molecule has 0 saturated heterocycles. The smallest absolute Gasteiger partial charge is 0.387 e. The molecular weight excluding hydrogens is 277 g/mol. The Hall–Kier alpha value is -1.07. The minimum atomic E-state index is -3.11. The molecule has 94 valence electrons. The quantitative estimate of drug-likeness (QED) is 0.790. The maximum absolute atomic E-state index is 12.2. The molecule has 0 fully saturated rings. The molecule has 0 amide bonds. The first-order chi connectivity index (χ1) is 7.97. The van der Waals surface area contributed by atoms with E-state index in [2.05, 4.69) is 9.47 Å². The summed E-state index contributed by atoms with van der Waals surface area (Å²) in [6.07, 6.45) is 0. The van der Waals surface area contributed by atoms with Crippen LogP contribution >= 0.6 is 23.2 Å². The zero-order chi connectivity index (χ0) is 13.0. The van der Waals surface area contributed by atoms with Gasteiger partial charge in [0.05, 0.1) is 11.6 Å². The molecule has 3 nitrogen and oxygen atoms in total. The number of hydrogen-bond acceptors (Lipinski definition) is 3. The van der Waals surface area contributed by atoms with Crippen LogP contribution < -0.4 is 4.74 Å². The zero-order valence-corrected chi connectivity index (χ0v) is 10.2. The molecule has 0 atom stereocenters. The minimum Gasteiger partial charge on any atom is -0.462 e. The molecule has 0 saturated carbocycles. The Morgan fingerprint density at radius 3 is 2.59 bits per heavy atom. The fourth-order valence-electron chi connectivity index (χ4n) is 1.11. The monoisotopic (exact) mass is 284 g/mol. The lowest BCUT2D eigenvalue weighted by Gasteiger charge is -2.12. The van der Waals surface area contributed by atoms with E-state index in [0.29, 0.717) is 0 Å². The molecule has 0 aliphatic carbocycles. The number of alkyl halides is 2. The predicted octanol–water partition coefficient (Wildman–Crippen LogP) is 3.77. The molecule has 0 aliphatic rings. The Kier molecular flexibility index (Phi) is 4.96. The van der Waals surface area contributed by atoms with Gasteiger partial charge in [-0.3, -0.25) is 0 Å². The highest BCUT2D eigenvalue weighted by Crippen LogP contribution is 2.36. The summed E-state index contributed by atoms with van der Waals surface area (Å²) in [6.45, 7) is -1.42. The third-order valence-corrected chi connectivity index (χ3v) is 2.54. The first-order valence-electron chi connectivity index (χ1n) is 4.57. The van der Waals surface area contributed by atoms with E-state index in [0.717, 1.165) is 0 Å². The second-order valence-corrected chi connectivity index (χ2v) is 3.62. The van der Waals surface area contributed by atoms with Crippen molar-refractivity contribution in [3.05, 3.63) is 27.7 Å². The molecule has 0 radical (unpaired) electrons.